The van der Waals surface area contributed by atoms with E-state index in [1.807, 2.05) is 6.07 Å². The summed E-state index contributed by atoms with van der Waals surface area (Å²) in [6, 6.07) is 5.79. The Hall–Kier alpha value is -0.410. The second-order valence-corrected chi connectivity index (χ2v) is 5.19. The third kappa shape index (κ3) is 2.79. The van der Waals surface area contributed by atoms with E-state index >= 15 is 0 Å². The van der Waals surface area contributed by atoms with E-state index in [4.69, 9.17) is 0 Å². The average Bonchev–Trinajstić information content (AvgIpc) is 1.96. The average molecular weight is 272 g/mol. The lowest BCUT2D eigenvalue weighted by molar-refractivity contribution is 0.152. The fraction of sp³-hybridized carbons (Fsp3) is 0.500. The normalized spacial score (nSPS) is 16.8. The molecular formula is C12H15BrFN. The van der Waals surface area contributed by atoms with Gasteiger partial charge >= 0.3 is 0 Å². The lowest BCUT2D eigenvalue weighted by atomic mass is 9.91. The highest BCUT2D eigenvalue weighted by Gasteiger charge is 2.21. The third-order valence-corrected chi connectivity index (χ3v) is 3.51. The zero-order valence-electron chi connectivity index (χ0n) is 8.84. The van der Waals surface area contributed by atoms with E-state index in [9.17, 15) is 4.39 Å². The maximum atomic E-state index is 13.1. The number of rotatable bonds is 3. The van der Waals surface area contributed by atoms with E-state index in [2.05, 4.69) is 27.9 Å². The Balaban J connectivity index is 2.02. The molecule has 2 rings (SSSR count). The maximum absolute atomic E-state index is 13.1. The molecule has 0 unspecified atom stereocenters. The predicted octanol–water partition coefficient (Wildman–Crippen LogP) is 3.57. The van der Waals surface area contributed by atoms with Crippen LogP contribution >= 0.6 is 15.9 Å². The van der Waals surface area contributed by atoms with Crippen molar-refractivity contribution in [2.45, 2.75) is 31.8 Å². The van der Waals surface area contributed by atoms with Gasteiger partial charge in [0, 0.05) is 17.1 Å². The molecule has 0 amide bonds. The molecule has 1 nitrogen and oxygen atoms in total. The molecule has 1 saturated carbocycles. The Morgan fingerprint density at radius 1 is 1.40 bits per heavy atom. The van der Waals surface area contributed by atoms with Crippen LogP contribution in [0.3, 0.4) is 0 Å². The lowest BCUT2D eigenvalue weighted by Gasteiger charge is -2.34. The maximum Gasteiger partial charge on any atom is 0.124 e. The molecule has 0 bridgehead atoms. The molecule has 0 aliphatic heterocycles. The minimum absolute atomic E-state index is 0.165. The molecule has 1 aliphatic carbocycles. The second kappa shape index (κ2) is 4.62. The second-order valence-electron chi connectivity index (χ2n) is 4.28. The lowest BCUT2D eigenvalue weighted by Crippen LogP contribution is -2.36. The van der Waals surface area contributed by atoms with Crippen LogP contribution < -0.4 is 0 Å². The van der Waals surface area contributed by atoms with Crippen LogP contribution in [0.2, 0.25) is 0 Å². The highest BCUT2D eigenvalue weighted by atomic mass is 79.9. The summed E-state index contributed by atoms with van der Waals surface area (Å²) in [6.45, 7) is 0.834. The Labute approximate surface area is 98.4 Å². The van der Waals surface area contributed by atoms with E-state index in [-0.39, 0.29) is 5.82 Å². The molecule has 0 atom stereocenters. The van der Waals surface area contributed by atoms with Crippen LogP contribution in [0, 0.1) is 5.82 Å². The predicted molar refractivity (Wildman–Crippen MR) is 63.2 cm³/mol. The van der Waals surface area contributed by atoms with Crippen LogP contribution in [0.25, 0.3) is 0 Å². The zero-order valence-corrected chi connectivity index (χ0v) is 10.4. The summed E-state index contributed by atoms with van der Waals surface area (Å²) in [5.74, 6) is -0.165. The Morgan fingerprint density at radius 2 is 2.13 bits per heavy atom. The molecule has 1 fully saturated rings. The monoisotopic (exact) mass is 271 g/mol. The van der Waals surface area contributed by atoms with Crippen molar-refractivity contribution in [3.8, 4) is 0 Å². The summed E-state index contributed by atoms with van der Waals surface area (Å²) in [7, 11) is 2.11. The van der Waals surface area contributed by atoms with Crippen molar-refractivity contribution in [1.29, 1.82) is 0 Å². The zero-order chi connectivity index (χ0) is 10.8. The molecule has 0 saturated heterocycles. The van der Waals surface area contributed by atoms with Crippen molar-refractivity contribution in [2.75, 3.05) is 7.05 Å². The summed E-state index contributed by atoms with van der Waals surface area (Å²) in [4.78, 5) is 2.31. The van der Waals surface area contributed by atoms with E-state index in [1.165, 1.54) is 25.3 Å². The quantitative estimate of drug-likeness (QED) is 0.813. The first-order valence-corrected chi connectivity index (χ1v) is 6.09. The van der Waals surface area contributed by atoms with E-state index in [0.29, 0.717) is 6.04 Å². The van der Waals surface area contributed by atoms with Gasteiger partial charge in [0.15, 0.2) is 0 Å². The van der Waals surface area contributed by atoms with Crippen molar-refractivity contribution >= 4 is 15.9 Å². The SMILES string of the molecule is CN(Cc1cc(F)cc(Br)c1)C1CCC1. The minimum Gasteiger partial charge on any atom is -0.299 e. The Morgan fingerprint density at radius 3 is 2.67 bits per heavy atom. The van der Waals surface area contributed by atoms with Gasteiger partial charge in [0.25, 0.3) is 0 Å². The van der Waals surface area contributed by atoms with E-state index in [1.54, 1.807) is 6.07 Å². The van der Waals surface area contributed by atoms with Gasteiger partial charge in [-0.05, 0) is 43.7 Å². The molecule has 3 heteroatoms. The first kappa shape index (κ1) is 11.1. The van der Waals surface area contributed by atoms with Gasteiger partial charge in [-0.1, -0.05) is 22.4 Å². The molecular weight excluding hydrogens is 257 g/mol. The summed E-state index contributed by atoms with van der Waals surface area (Å²) >= 11 is 3.31. The largest absolute Gasteiger partial charge is 0.299 e. The van der Waals surface area contributed by atoms with Crippen molar-refractivity contribution in [3.05, 3.63) is 34.1 Å². The third-order valence-electron chi connectivity index (χ3n) is 3.05. The van der Waals surface area contributed by atoms with Crippen LogP contribution in [0.1, 0.15) is 24.8 Å². The van der Waals surface area contributed by atoms with Crippen LogP contribution in [0.4, 0.5) is 4.39 Å². The molecule has 0 aromatic heterocycles. The van der Waals surface area contributed by atoms with Gasteiger partial charge in [0.2, 0.25) is 0 Å². The summed E-state index contributed by atoms with van der Waals surface area (Å²) in [6.07, 6.45) is 3.90. The number of hydrogen-bond acceptors (Lipinski definition) is 1. The van der Waals surface area contributed by atoms with Crippen LogP contribution in [0.5, 0.6) is 0 Å². The van der Waals surface area contributed by atoms with Crippen LogP contribution in [0.15, 0.2) is 22.7 Å². The van der Waals surface area contributed by atoms with Gasteiger partial charge in [-0.15, -0.1) is 0 Å². The van der Waals surface area contributed by atoms with Crippen molar-refractivity contribution < 1.29 is 4.39 Å². The van der Waals surface area contributed by atoms with Crippen LogP contribution in [-0.4, -0.2) is 18.0 Å². The molecule has 82 valence electrons. The molecule has 15 heavy (non-hydrogen) atoms. The topological polar surface area (TPSA) is 3.24 Å². The van der Waals surface area contributed by atoms with Gasteiger partial charge in [-0.25, -0.2) is 4.39 Å². The molecule has 1 aromatic rings. The number of halogens is 2. The number of benzene rings is 1. The van der Waals surface area contributed by atoms with Crippen molar-refractivity contribution in [1.82, 2.24) is 4.90 Å². The molecule has 1 aromatic carbocycles. The van der Waals surface area contributed by atoms with Gasteiger partial charge in [-0.2, -0.15) is 0 Å². The van der Waals surface area contributed by atoms with E-state index in [0.717, 1.165) is 16.6 Å². The molecule has 0 spiro atoms. The molecule has 0 N–H and O–H groups in total. The van der Waals surface area contributed by atoms with Gasteiger partial charge in [0.05, 0.1) is 0 Å². The smallest absolute Gasteiger partial charge is 0.124 e. The van der Waals surface area contributed by atoms with Gasteiger partial charge in [0.1, 0.15) is 5.82 Å². The Kier molecular flexibility index (Phi) is 3.42. The standard InChI is InChI=1S/C12H15BrFN/c1-15(12-3-2-4-12)8-9-5-10(13)7-11(14)6-9/h5-7,12H,2-4,8H2,1H3. The Bertz CT molecular complexity index is 329. The fourth-order valence-corrected chi connectivity index (χ4v) is 2.46. The first-order valence-electron chi connectivity index (χ1n) is 5.30. The van der Waals surface area contributed by atoms with Gasteiger partial charge < -0.3 is 0 Å². The van der Waals surface area contributed by atoms with E-state index < -0.39 is 0 Å². The minimum atomic E-state index is -0.165. The summed E-state index contributed by atoms with van der Waals surface area (Å²) < 4.78 is 13.9. The summed E-state index contributed by atoms with van der Waals surface area (Å²) in [5, 5.41) is 0. The highest BCUT2D eigenvalue weighted by molar-refractivity contribution is 9.10. The molecule has 0 radical (unpaired) electrons. The number of nitrogens with zero attached hydrogens (tertiary/aromatic N) is 1. The number of hydrogen-bond donors (Lipinski definition) is 0. The van der Waals surface area contributed by atoms with Crippen molar-refractivity contribution in [3.63, 3.8) is 0 Å². The fourth-order valence-electron chi connectivity index (χ4n) is 1.95. The first-order chi connectivity index (χ1) is 7.15. The molecule has 0 heterocycles. The van der Waals surface area contributed by atoms with Gasteiger partial charge in [-0.3, -0.25) is 4.90 Å². The van der Waals surface area contributed by atoms with Crippen LogP contribution in [-0.2, 0) is 6.54 Å². The van der Waals surface area contributed by atoms with Crippen molar-refractivity contribution in [2.24, 2.45) is 0 Å². The molecule has 1 aliphatic rings. The highest BCUT2D eigenvalue weighted by Crippen LogP contribution is 2.25. The summed E-state index contributed by atoms with van der Waals surface area (Å²) in [5.41, 5.74) is 1.04.